The molecule has 2 heterocycles. The fourth-order valence-corrected chi connectivity index (χ4v) is 6.15. The quantitative estimate of drug-likeness (QED) is 0.800. The Hall–Kier alpha value is -1.83. The van der Waals surface area contributed by atoms with E-state index < -0.39 is 0 Å². The molecule has 4 bridgehead atoms. The Morgan fingerprint density at radius 1 is 1.23 bits per heavy atom. The van der Waals surface area contributed by atoms with E-state index in [1.54, 1.807) is 13.0 Å². The number of amides is 1. The molecule has 0 spiro atoms. The van der Waals surface area contributed by atoms with Gasteiger partial charge in [0, 0.05) is 11.5 Å². The van der Waals surface area contributed by atoms with Crippen LogP contribution in [0, 0.1) is 24.7 Å². The van der Waals surface area contributed by atoms with Crippen molar-refractivity contribution >= 4 is 23.5 Å². The number of nitrogens with one attached hydrogen (secondary N) is 1. The van der Waals surface area contributed by atoms with Crippen LogP contribution in [0.15, 0.2) is 20.2 Å². The van der Waals surface area contributed by atoms with Crippen LogP contribution in [0.25, 0.3) is 0 Å². The van der Waals surface area contributed by atoms with Crippen molar-refractivity contribution in [3.05, 3.63) is 17.7 Å². The van der Waals surface area contributed by atoms with Crippen molar-refractivity contribution in [1.29, 1.82) is 0 Å². The first-order valence-corrected chi connectivity index (χ1v) is 10.3. The van der Waals surface area contributed by atoms with Crippen molar-refractivity contribution in [2.24, 2.45) is 17.8 Å². The molecule has 0 aliphatic heterocycles. The van der Waals surface area contributed by atoms with E-state index in [-0.39, 0.29) is 17.1 Å². The number of hydrogen-bond donors (Lipinski definition) is 1. The third-order valence-corrected chi connectivity index (χ3v) is 6.94. The largest absolute Gasteiger partial charge is 0.415 e. The van der Waals surface area contributed by atoms with Crippen LogP contribution in [0.5, 0.6) is 0 Å². The molecule has 4 fully saturated rings. The molecule has 1 amide bonds. The summed E-state index contributed by atoms with van der Waals surface area (Å²) in [4.78, 5) is 12.0. The predicted molar refractivity (Wildman–Crippen MR) is 94.7 cm³/mol. The van der Waals surface area contributed by atoms with Gasteiger partial charge in [-0.2, -0.15) is 0 Å². The predicted octanol–water partition coefficient (Wildman–Crippen LogP) is 3.56. The van der Waals surface area contributed by atoms with Crippen LogP contribution in [-0.2, 0) is 10.2 Å². The first-order chi connectivity index (χ1) is 12.6. The number of aryl methyl sites for hydroxylation is 1. The molecule has 2 aromatic rings. The number of anilines is 1. The third-order valence-electron chi connectivity index (χ3n) is 6.12. The lowest BCUT2D eigenvalue weighted by molar-refractivity contribution is -0.113. The summed E-state index contributed by atoms with van der Waals surface area (Å²) in [6, 6.07) is 1.68. The van der Waals surface area contributed by atoms with E-state index in [1.165, 1.54) is 50.3 Å². The minimum absolute atomic E-state index is 0.0983. The first-order valence-electron chi connectivity index (χ1n) is 9.28. The van der Waals surface area contributed by atoms with Gasteiger partial charge in [-0.15, -0.1) is 10.2 Å². The SMILES string of the molecule is Cc1cc(NC(=O)CSc2nnc(C34CC5CC(CC(C5)C3)C4)o2)no1. The Balaban J connectivity index is 1.23. The Morgan fingerprint density at radius 3 is 2.54 bits per heavy atom. The Morgan fingerprint density at radius 2 is 1.92 bits per heavy atom. The number of carbonyl (C=O) groups excluding carboxylic acids is 1. The van der Waals surface area contributed by atoms with E-state index in [2.05, 4.69) is 20.7 Å². The molecule has 0 radical (unpaired) electrons. The lowest BCUT2D eigenvalue weighted by Gasteiger charge is -2.55. The standard InChI is InChI=1S/C18H22N4O3S/c1-10-2-14(22-25-10)19-15(23)9-26-17-21-20-16(24-17)18-6-11-3-12(7-18)5-13(4-11)8-18/h2,11-13H,3-9H2,1H3,(H,19,22,23). The minimum Gasteiger partial charge on any atom is -0.415 e. The smallest absolute Gasteiger partial charge is 0.277 e. The molecule has 2 aromatic heterocycles. The molecule has 8 heteroatoms. The van der Waals surface area contributed by atoms with Crippen molar-refractivity contribution in [2.45, 2.75) is 56.1 Å². The lowest BCUT2D eigenvalue weighted by Crippen LogP contribution is -2.48. The molecule has 4 aliphatic carbocycles. The van der Waals surface area contributed by atoms with Crippen LogP contribution in [0.1, 0.15) is 50.2 Å². The Kier molecular flexibility index (Phi) is 3.84. The molecule has 138 valence electrons. The second kappa shape index (κ2) is 6.11. The average Bonchev–Trinajstić information content (AvgIpc) is 3.21. The number of nitrogens with zero attached hydrogens (tertiary/aromatic N) is 3. The van der Waals surface area contributed by atoms with Crippen LogP contribution < -0.4 is 5.32 Å². The Labute approximate surface area is 155 Å². The molecule has 4 aliphatic rings. The topological polar surface area (TPSA) is 94.1 Å². The average molecular weight is 374 g/mol. The number of aromatic nitrogens is 3. The van der Waals surface area contributed by atoms with Gasteiger partial charge in [0.25, 0.3) is 5.22 Å². The van der Waals surface area contributed by atoms with Gasteiger partial charge in [-0.25, -0.2) is 0 Å². The van der Waals surface area contributed by atoms with E-state index in [0.717, 1.165) is 23.6 Å². The summed E-state index contributed by atoms with van der Waals surface area (Å²) in [6.07, 6.45) is 7.73. The second-order valence-electron chi connectivity index (χ2n) is 8.23. The number of carbonyl (C=O) groups is 1. The third kappa shape index (κ3) is 2.94. The molecule has 6 rings (SSSR count). The summed E-state index contributed by atoms with van der Waals surface area (Å²) < 4.78 is 10.9. The summed E-state index contributed by atoms with van der Waals surface area (Å²) in [6.45, 7) is 1.78. The van der Waals surface area contributed by atoms with E-state index in [9.17, 15) is 4.79 Å². The zero-order valence-corrected chi connectivity index (χ0v) is 15.6. The summed E-state index contributed by atoms with van der Waals surface area (Å²) in [7, 11) is 0. The molecule has 26 heavy (non-hydrogen) atoms. The highest BCUT2D eigenvalue weighted by Crippen LogP contribution is 2.60. The molecular formula is C18H22N4O3S. The number of thioether (sulfide) groups is 1. The van der Waals surface area contributed by atoms with Gasteiger partial charge in [-0.1, -0.05) is 16.9 Å². The summed E-state index contributed by atoms with van der Waals surface area (Å²) >= 11 is 1.27. The fraction of sp³-hybridized carbons (Fsp3) is 0.667. The maximum absolute atomic E-state index is 12.0. The second-order valence-corrected chi connectivity index (χ2v) is 9.16. The molecule has 4 saturated carbocycles. The van der Waals surface area contributed by atoms with Crippen molar-refractivity contribution in [3.8, 4) is 0 Å². The van der Waals surface area contributed by atoms with Gasteiger partial charge in [0.15, 0.2) is 5.82 Å². The van der Waals surface area contributed by atoms with E-state index in [4.69, 9.17) is 8.94 Å². The molecule has 0 saturated heterocycles. The molecular weight excluding hydrogens is 352 g/mol. The van der Waals surface area contributed by atoms with Gasteiger partial charge in [0.2, 0.25) is 11.8 Å². The van der Waals surface area contributed by atoms with Crippen LogP contribution in [0.2, 0.25) is 0 Å². The fourth-order valence-electron chi connectivity index (χ4n) is 5.59. The highest BCUT2D eigenvalue weighted by atomic mass is 32.2. The van der Waals surface area contributed by atoms with Crippen LogP contribution >= 0.6 is 11.8 Å². The zero-order valence-electron chi connectivity index (χ0n) is 14.7. The monoisotopic (exact) mass is 374 g/mol. The van der Waals surface area contributed by atoms with Gasteiger partial charge in [-0.3, -0.25) is 4.79 Å². The highest BCUT2D eigenvalue weighted by molar-refractivity contribution is 7.99. The zero-order chi connectivity index (χ0) is 17.7. The van der Waals surface area contributed by atoms with Gasteiger partial charge in [0.05, 0.1) is 5.75 Å². The molecule has 0 aromatic carbocycles. The van der Waals surface area contributed by atoms with E-state index in [0.29, 0.717) is 16.8 Å². The molecule has 0 atom stereocenters. The van der Waals surface area contributed by atoms with Crippen molar-refractivity contribution in [2.75, 3.05) is 11.1 Å². The van der Waals surface area contributed by atoms with Crippen molar-refractivity contribution in [3.63, 3.8) is 0 Å². The Bertz CT molecular complexity index is 795. The van der Waals surface area contributed by atoms with Crippen molar-refractivity contribution < 1.29 is 13.7 Å². The van der Waals surface area contributed by atoms with Gasteiger partial charge in [0.1, 0.15) is 5.76 Å². The molecule has 0 unspecified atom stereocenters. The van der Waals surface area contributed by atoms with E-state index >= 15 is 0 Å². The summed E-state index contributed by atoms with van der Waals surface area (Å²) in [5.74, 6) is 4.42. The van der Waals surface area contributed by atoms with Crippen LogP contribution in [0.4, 0.5) is 5.82 Å². The highest BCUT2D eigenvalue weighted by Gasteiger charge is 2.54. The van der Waals surface area contributed by atoms with Crippen LogP contribution in [-0.4, -0.2) is 27.0 Å². The number of hydrogen-bond acceptors (Lipinski definition) is 7. The lowest BCUT2D eigenvalue weighted by atomic mass is 9.49. The van der Waals surface area contributed by atoms with E-state index in [1.807, 2.05) is 0 Å². The maximum atomic E-state index is 12.0. The summed E-state index contributed by atoms with van der Waals surface area (Å²) in [5, 5.41) is 15.5. The van der Waals surface area contributed by atoms with Gasteiger partial charge >= 0.3 is 0 Å². The summed E-state index contributed by atoms with van der Waals surface area (Å²) in [5.41, 5.74) is 0.0983. The number of rotatable bonds is 5. The maximum Gasteiger partial charge on any atom is 0.277 e. The molecule has 1 N–H and O–H groups in total. The molecule has 7 nitrogen and oxygen atoms in total. The van der Waals surface area contributed by atoms with Crippen LogP contribution in [0.3, 0.4) is 0 Å². The van der Waals surface area contributed by atoms with Gasteiger partial charge < -0.3 is 14.3 Å². The first kappa shape index (κ1) is 16.4. The normalized spacial score (nSPS) is 32.1. The van der Waals surface area contributed by atoms with Crippen molar-refractivity contribution in [1.82, 2.24) is 15.4 Å². The minimum atomic E-state index is -0.169. The van der Waals surface area contributed by atoms with Gasteiger partial charge in [-0.05, 0) is 63.2 Å².